The summed E-state index contributed by atoms with van der Waals surface area (Å²) in [6.07, 6.45) is 58.3. The standard InChI is InChI=1S/C46H75N2O6P/c1-3-5-7-9-11-13-15-17-18-19-20-21-22-23-24-25-26-28-30-32-34-36-38-40-46(50)48-44(43-54-55(51,52)53-42-41-47)45(49)39-37-35-33-31-29-27-16-14-12-10-8-6-4-2/h5,7,11-14,17-18,20-21,23-24,26,28-29,31-32,34,37,39,44-45,49H,3-4,6,8-10,15-16,19,22,25,27,30,33,35-36,38,40-43,47H2,1-2H3,(H,48,50)(H,51,52)/b7-5-,13-11-,14-12+,18-17-,21-20-,24-23-,28-26-,31-29+,34-32-,39-37+. The Balaban J connectivity index is 4.44. The summed E-state index contributed by atoms with van der Waals surface area (Å²) in [6, 6.07) is -0.922. The van der Waals surface area contributed by atoms with Crippen molar-refractivity contribution in [1.82, 2.24) is 5.32 Å². The molecule has 0 aliphatic carbocycles. The van der Waals surface area contributed by atoms with Crippen LogP contribution in [-0.2, 0) is 18.4 Å². The van der Waals surface area contributed by atoms with E-state index in [1.165, 1.54) is 19.3 Å². The third kappa shape index (κ3) is 39.0. The van der Waals surface area contributed by atoms with Gasteiger partial charge in [0.1, 0.15) is 0 Å². The van der Waals surface area contributed by atoms with Gasteiger partial charge in [-0.25, -0.2) is 4.57 Å². The highest BCUT2D eigenvalue weighted by Crippen LogP contribution is 2.43. The number of nitrogens with one attached hydrogen (secondary N) is 1. The molecule has 0 aliphatic rings. The lowest BCUT2D eigenvalue weighted by atomic mass is 10.1. The number of aliphatic hydroxyl groups is 1. The van der Waals surface area contributed by atoms with Gasteiger partial charge < -0.3 is 21.1 Å². The molecule has 5 N–H and O–H groups in total. The predicted octanol–water partition coefficient (Wildman–Crippen LogP) is 11.5. The number of allylic oxidation sites excluding steroid dienone is 19. The second-order valence-electron chi connectivity index (χ2n) is 13.1. The molecule has 0 aromatic rings. The Morgan fingerprint density at radius 2 is 1.05 bits per heavy atom. The number of carbonyl (C=O) groups excluding carboxylic acids is 1. The minimum atomic E-state index is -4.37. The lowest BCUT2D eigenvalue weighted by Gasteiger charge is -2.23. The van der Waals surface area contributed by atoms with Crippen molar-refractivity contribution in [3.8, 4) is 0 Å². The molecule has 0 radical (unpaired) electrons. The first kappa shape index (κ1) is 51.9. The number of phosphoric ester groups is 1. The third-order valence-corrected chi connectivity index (χ3v) is 8.98. The summed E-state index contributed by atoms with van der Waals surface area (Å²) in [5, 5.41) is 13.6. The minimum Gasteiger partial charge on any atom is -0.387 e. The van der Waals surface area contributed by atoms with Crippen molar-refractivity contribution in [3.05, 3.63) is 122 Å². The first-order valence-electron chi connectivity index (χ1n) is 20.7. The molecule has 0 heterocycles. The largest absolute Gasteiger partial charge is 0.472 e. The Bertz CT molecular complexity index is 1260. The average molecular weight is 783 g/mol. The zero-order valence-electron chi connectivity index (χ0n) is 34.1. The molecule has 0 fully saturated rings. The van der Waals surface area contributed by atoms with Gasteiger partial charge in [-0.15, -0.1) is 0 Å². The number of nitrogens with two attached hydrogens (primary N) is 1. The first-order valence-corrected chi connectivity index (χ1v) is 22.2. The van der Waals surface area contributed by atoms with E-state index >= 15 is 0 Å². The number of unbranched alkanes of at least 4 members (excludes halogenated alkanes) is 6. The Labute approximate surface area is 335 Å². The van der Waals surface area contributed by atoms with E-state index < -0.39 is 26.6 Å². The molecule has 3 unspecified atom stereocenters. The van der Waals surface area contributed by atoms with Gasteiger partial charge in [-0.2, -0.15) is 0 Å². The number of phosphoric acid groups is 1. The Morgan fingerprint density at radius 1 is 0.618 bits per heavy atom. The van der Waals surface area contributed by atoms with Crippen molar-refractivity contribution in [2.45, 2.75) is 142 Å². The van der Waals surface area contributed by atoms with Gasteiger partial charge in [0, 0.05) is 13.0 Å². The summed E-state index contributed by atoms with van der Waals surface area (Å²) in [5.74, 6) is -0.274. The number of carbonyl (C=O) groups is 1. The number of aliphatic hydroxyl groups excluding tert-OH is 1. The highest BCUT2D eigenvalue weighted by molar-refractivity contribution is 7.47. The van der Waals surface area contributed by atoms with Crippen molar-refractivity contribution in [2.75, 3.05) is 19.8 Å². The molecule has 0 spiro atoms. The molecular weight excluding hydrogens is 707 g/mol. The summed E-state index contributed by atoms with van der Waals surface area (Å²) in [6.45, 7) is 3.87. The fourth-order valence-corrected chi connectivity index (χ4v) is 5.67. The smallest absolute Gasteiger partial charge is 0.387 e. The van der Waals surface area contributed by atoms with Crippen LogP contribution in [0.25, 0.3) is 0 Å². The Kier molecular flexibility index (Phi) is 38.3. The highest BCUT2D eigenvalue weighted by Gasteiger charge is 2.26. The quantitative estimate of drug-likeness (QED) is 0.0283. The zero-order valence-corrected chi connectivity index (χ0v) is 35.0. The Hall–Kier alpha value is -3.10. The van der Waals surface area contributed by atoms with Gasteiger partial charge >= 0.3 is 7.82 Å². The third-order valence-electron chi connectivity index (χ3n) is 8.00. The molecule has 0 aromatic heterocycles. The summed E-state index contributed by atoms with van der Waals surface area (Å²) < 4.78 is 22.0. The summed E-state index contributed by atoms with van der Waals surface area (Å²) in [4.78, 5) is 22.6. The van der Waals surface area contributed by atoms with Gasteiger partial charge in [-0.05, 0) is 96.3 Å². The van der Waals surface area contributed by atoms with Gasteiger partial charge in [-0.3, -0.25) is 13.8 Å². The highest BCUT2D eigenvalue weighted by atomic mass is 31.2. The molecule has 0 aromatic carbocycles. The molecule has 1 amide bonds. The van der Waals surface area contributed by atoms with Crippen molar-refractivity contribution in [3.63, 3.8) is 0 Å². The average Bonchev–Trinajstić information content (AvgIpc) is 3.17. The molecule has 0 aliphatic heterocycles. The van der Waals surface area contributed by atoms with Crippen LogP contribution in [0.2, 0.25) is 0 Å². The number of amides is 1. The lowest BCUT2D eigenvalue weighted by molar-refractivity contribution is -0.122. The monoisotopic (exact) mass is 783 g/mol. The van der Waals surface area contributed by atoms with Crippen LogP contribution in [0.4, 0.5) is 0 Å². The fourth-order valence-electron chi connectivity index (χ4n) is 4.91. The normalized spacial score (nSPS) is 15.4. The van der Waals surface area contributed by atoms with Crippen molar-refractivity contribution >= 4 is 13.7 Å². The molecular formula is C46H75N2O6P. The Morgan fingerprint density at radius 3 is 1.55 bits per heavy atom. The van der Waals surface area contributed by atoms with Crippen molar-refractivity contribution in [1.29, 1.82) is 0 Å². The summed E-state index contributed by atoms with van der Waals surface area (Å²) in [7, 11) is -4.37. The molecule has 55 heavy (non-hydrogen) atoms. The van der Waals surface area contributed by atoms with Crippen LogP contribution in [0.3, 0.4) is 0 Å². The predicted molar refractivity (Wildman–Crippen MR) is 235 cm³/mol. The molecule has 9 heteroatoms. The van der Waals surface area contributed by atoms with Crippen LogP contribution < -0.4 is 11.1 Å². The van der Waals surface area contributed by atoms with E-state index in [-0.39, 0.29) is 25.5 Å². The van der Waals surface area contributed by atoms with E-state index in [9.17, 15) is 19.4 Å². The second kappa shape index (κ2) is 40.6. The van der Waals surface area contributed by atoms with E-state index in [1.807, 2.05) is 6.08 Å². The van der Waals surface area contributed by atoms with Crippen LogP contribution in [-0.4, -0.2) is 47.8 Å². The molecule has 310 valence electrons. The fraction of sp³-hybridized carbons (Fsp3) is 0.543. The first-order chi connectivity index (χ1) is 26.9. The van der Waals surface area contributed by atoms with E-state index in [0.717, 1.165) is 77.0 Å². The van der Waals surface area contributed by atoms with Gasteiger partial charge in [0.2, 0.25) is 5.91 Å². The van der Waals surface area contributed by atoms with Gasteiger partial charge in [-0.1, -0.05) is 148 Å². The van der Waals surface area contributed by atoms with E-state index in [2.05, 4.69) is 129 Å². The van der Waals surface area contributed by atoms with Crippen LogP contribution in [0.5, 0.6) is 0 Å². The SMILES string of the molecule is CC/C=C\C/C=C\C/C=C\C/C=C\C/C=C\C/C=C\C/C=C\CCCC(=O)NC(COP(=O)(O)OCCN)C(O)/C=C/CC/C=C/CC/C=C/CCCCC. The topological polar surface area (TPSA) is 131 Å². The van der Waals surface area contributed by atoms with Crippen LogP contribution in [0, 0.1) is 0 Å². The van der Waals surface area contributed by atoms with Crippen molar-refractivity contribution in [2.24, 2.45) is 5.73 Å². The maximum atomic E-state index is 12.7. The number of hydrogen-bond acceptors (Lipinski definition) is 6. The number of hydrogen-bond donors (Lipinski definition) is 4. The van der Waals surface area contributed by atoms with Gasteiger partial charge in [0.25, 0.3) is 0 Å². The number of rotatable bonds is 36. The van der Waals surface area contributed by atoms with E-state index in [1.54, 1.807) is 6.08 Å². The maximum absolute atomic E-state index is 12.7. The van der Waals surface area contributed by atoms with E-state index in [0.29, 0.717) is 12.8 Å². The minimum absolute atomic E-state index is 0.0550. The van der Waals surface area contributed by atoms with Crippen LogP contribution in [0.15, 0.2) is 122 Å². The molecule has 0 saturated heterocycles. The summed E-state index contributed by atoms with van der Waals surface area (Å²) >= 11 is 0. The maximum Gasteiger partial charge on any atom is 0.472 e. The lowest BCUT2D eigenvalue weighted by Crippen LogP contribution is -2.45. The van der Waals surface area contributed by atoms with Crippen LogP contribution in [0.1, 0.15) is 129 Å². The molecule has 3 atom stereocenters. The van der Waals surface area contributed by atoms with Crippen molar-refractivity contribution < 1.29 is 28.4 Å². The molecule has 8 nitrogen and oxygen atoms in total. The van der Waals surface area contributed by atoms with Crippen LogP contribution >= 0.6 is 7.82 Å². The second-order valence-corrected chi connectivity index (χ2v) is 14.5. The molecule has 0 saturated carbocycles. The van der Waals surface area contributed by atoms with Gasteiger partial charge in [0.15, 0.2) is 0 Å². The zero-order chi connectivity index (χ0) is 40.3. The summed E-state index contributed by atoms with van der Waals surface area (Å²) in [5.41, 5.74) is 5.35. The van der Waals surface area contributed by atoms with Gasteiger partial charge in [0.05, 0.1) is 25.4 Å². The van der Waals surface area contributed by atoms with E-state index in [4.69, 9.17) is 14.8 Å². The molecule has 0 bridgehead atoms. The molecule has 0 rings (SSSR count).